The van der Waals surface area contributed by atoms with Crippen molar-refractivity contribution in [3.05, 3.63) is 35.9 Å². The minimum atomic E-state index is -3.01. The number of nitrogens with zero attached hydrogens (tertiary/aromatic N) is 1. The van der Waals surface area contributed by atoms with Crippen molar-refractivity contribution >= 4 is 10.0 Å². The lowest BCUT2D eigenvalue weighted by Crippen LogP contribution is -2.27. The maximum atomic E-state index is 11.3. The molecule has 0 saturated carbocycles. The molecule has 4 heteroatoms. The Morgan fingerprint density at radius 2 is 1.93 bits per heavy atom. The van der Waals surface area contributed by atoms with Crippen LogP contribution in [-0.4, -0.2) is 32.1 Å². The van der Waals surface area contributed by atoms with Crippen LogP contribution in [0.4, 0.5) is 0 Å². The van der Waals surface area contributed by atoms with Gasteiger partial charge in [0.2, 0.25) is 10.0 Å². The molecule has 1 unspecified atom stereocenters. The topological polar surface area (TPSA) is 37.4 Å². The smallest absolute Gasteiger partial charge is 0.211 e. The Labute approximate surface area is 90.8 Å². The van der Waals surface area contributed by atoms with Gasteiger partial charge < -0.3 is 0 Å². The van der Waals surface area contributed by atoms with Gasteiger partial charge in [0.25, 0.3) is 0 Å². The molecule has 1 aliphatic rings. The fraction of sp³-hybridized carbons (Fsp3) is 0.455. The molecule has 0 aromatic heterocycles. The van der Waals surface area contributed by atoms with E-state index in [0.717, 1.165) is 6.42 Å². The summed E-state index contributed by atoms with van der Waals surface area (Å²) in [6.07, 6.45) is 2.21. The van der Waals surface area contributed by atoms with Crippen LogP contribution < -0.4 is 0 Å². The molecule has 1 aromatic rings. The summed E-state index contributed by atoms with van der Waals surface area (Å²) in [5.41, 5.74) is 1.24. The van der Waals surface area contributed by atoms with Crippen molar-refractivity contribution in [2.75, 3.05) is 19.3 Å². The van der Waals surface area contributed by atoms with E-state index in [4.69, 9.17) is 0 Å². The Morgan fingerprint density at radius 3 is 2.47 bits per heavy atom. The maximum Gasteiger partial charge on any atom is 0.211 e. The van der Waals surface area contributed by atoms with Crippen LogP contribution in [-0.2, 0) is 10.0 Å². The highest BCUT2D eigenvalue weighted by molar-refractivity contribution is 7.88. The predicted molar refractivity (Wildman–Crippen MR) is 60.2 cm³/mol. The lowest BCUT2D eigenvalue weighted by molar-refractivity contribution is 0.478. The second-order valence-corrected chi connectivity index (χ2v) is 6.00. The molecule has 2 rings (SSSR count). The molecule has 1 atom stereocenters. The van der Waals surface area contributed by atoms with Crippen LogP contribution in [0.3, 0.4) is 0 Å². The van der Waals surface area contributed by atoms with Crippen molar-refractivity contribution in [2.45, 2.75) is 12.3 Å². The summed E-state index contributed by atoms with van der Waals surface area (Å²) in [6, 6.07) is 10.1. The van der Waals surface area contributed by atoms with E-state index in [1.54, 1.807) is 4.31 Å². The number of benzene rings is 1. The van der Waals surface area contributed by atoms with Crippen molar-refractivity contribution in [1.29, 1.82) is 0 Å². The number of sulfonamides is 1. The molecule has 0 amide bonds. The van der Waals surface area contributed by atoms with E-state index < -0.39 is 10.0 Å². The van der Waals surface area contributed by atoms with E-state index in [1.165, 1.54) is 11.8 Å². The first-order chi connectivity index (χ1) is 7.07. The molecule has 1 saturated heterocycles. The summed E-state index contributed by atoms with van der Waals surface area (Å²) >= 11 is 0. The quantitative estimate of drug-likeness (QED) is 0.763. The van der Waals surface area contributed by atoms with Crippen LogP contribution in [0.1, 0.15) is 17.9 Å². The lowest BCUT2D eigenvalue weighted by Gasteiger charge is -2.13. The van der Waals surface area contributed by atoms with Crippen LogP contribution >= 0.6 is 0 Å². The van der Waals surface area contributed by atoms with Crippen molar-refractivity contribution < 1.29 is 8.42 Å². The Kier molecular flexibility index (Phi) is 2.80. The number of hydrogen-bond donors (Lipinski definition) is 0. The van der Waals surface area contributed by atoms with Crippen LogP contribution in [0, 0.1) is 0 Å². The van der Waals surface area contributed by atoms with Gasteiger partial charge in [0.1, 0.15) is 0 Å². The van der Waals surface area contributed by atoms with Crippen molar-refractivity contribution in [2.24, 2.45) is 0 Å². The first kappa shape index (κ1) is 10.6. The highest BCUT2D eigenvalue weighted by Crippen LogP contribution is 2.27. The van der Waals surface area contributed by atoms with Gasteiger partial charge >= 0.3 is 0 Å². The fourth-order valence-corrected chi connectivity index (χ4v) is 2.91. The van der Waals surface area contributed by atoms with E-state index in [9.17, 15) is 8.42 Å². The van der Waals surface area contributed by atoms with Crippen LogP contribution in [0.5, 0.6) is 0 Å². The molecule has 0 aliphatic carbocycles. The van der Waals surface area contributed by atoms with E-state index in [0.29, 0.717) is 19.0 Å². The molecule has 1 fully saturated rings. The SMILES string of the molecule is CS(=O)(=O)N1CCC(c2ccccc2)C1. The van der Waals surface area contributed by atoms with Crippen LogP contribution in [0.2, 0.25) is 0 Å². The molecule has 0 spiro atoms. The summed E-state index contributed by atoms with van der Waals surface area (Å²) < 4.78 is 24.2. The zero-order valence-electron chi connectivity index (χ0n) is 8.76. The molecule has 0 N–H and O–H groups in total. The third-order valence-electron chi connectivity index (χ3n) is 2.89. The average Bonchev–Trinajstić information content (AvgIpc) is 2.67. The molecule has 3 nitrogen and oxygen atoms in total. The lowest BCUT2D eigenvalue weighted by atomic mass is 9.99. The molecule has 15 heavy (non-hydrogen) atoms. The maximum absolute atomic E-state index is 11.3. The zero-order chi connectivity index (χ0) is 10.9. The molecule has 0 radical (unpaired) electrons. The van der Waals surface area contributed by atoms with E-state index in [2.05, 4.69) is 12.1 Å². The van der Waals surface area contributed by atoms with Gasteiger partial charge in [-0.05, 0) is 17.9 Å². The van der Waals surface area contributed by atoms with Gasteiger partial charge in [-0.25, -0.2) is 12.7 Å². The van der Waals surface area contributed by atoms with E-state index in [-0.39, 0.29) is 0 Å². The van der Waals surface area contributed by atoms with Gasteiger partial charge in [-0.3, -0.25) is 0 Å². The van der Waals surface area contributed by atoms with Crippen LogP contribution in [0.15, 0.2) is 30.3 Å². The monoisotopic (exact) mass is 225 g/mol. The largest absolute Gasteiger partial charge is 0.213 e. The second kappa shape index (κ2) is 3.94. The molecule has 0 bridgehead atoms. The van der Waals surface area contributed by atoms with Crippen molar-refractivity contribution in [3.63, 3.8) is 0 Å². The summed E-state index contributed by atoms with van der Waals surface area (Å²) in [5.74, 6) is 0.362. The summed E-state index contributed by atoms with van der Waals surface area (Å²) in [5, 5.41) is 0. The summed E-state index contributed by atoms with van der Waals surface area (Å²) in [6.45, 7) is 1.28. The van der Waals surface area contributed by atoms with Gasteiger partial charge in [-0.15, -0.1) is 0 Å². The number of hydrogen-bond acceptors (Lipinski definition) is 2. The molecule has 1 heterocycles. The predicted octanol–water partition coefficient (Wildman–Crippen LogP) is 1.44. The molecule has 82 valence electrons. The minimum absolute atomic E-state index is 0.362. The van der Waals surface area contributed by atoms with Gasteiger partial charge in [0.15, 0.2) is 0 Å². The second-order valence-electron chi connectivity index (χ2n) is 4.02. The third-order valence-corrected chi connectivity index (χ3v) is 4.16. The zero-order valence-corrected chi connectivity index (χ0v) is 9.57. The van der Waals surface area contributed by atoms with Gasteiger partial charge in [-0.2, -0.15) is 0 Å². The minimum Gasteiger partial charge on any atom is -0.213 e. The molecule has 1 aliphatic heterocycles. The van der Waals surface area contributed by atoms with Crippen molar-refractivity contribution in [1.82, 2.24) is 4.31 Å². The number of rotatable bonds is 2. The van der Waals surface area contributed by atoms with Crippen molar-refractivity contribution in [3.8, 4) is 0 Å². The standard InChI is InChI=1S/C11H15NO2S/c1-15(13,14)12-8-7-11(9-12)10-5-3-2-4-6-10/h2-6,11H,7-9H2,1H3. The fourth-order valence-electron chi connectivity index (χ4n) is 2.03. The molecular formula is C11H15NO2S. The van der Waals surface area contributed by atoms with Gasteiger partial charge in [0.05, 0.1) is 6.26 Å². The highest BCUT2D eigenvalue weighted by atomic mass is 32.2. The average molecular weight is 225 g/mol. The van der Waals surface area contributed by atoms with E-state index in [1.807, 2.05) is 18.2 Å². The Bertz CT molecular complexity index is 427. The Balaban J connectivity index is 2.12. The van der Waals surface area contributed by atoms with Gasteiger partial charge in [-0.1, -0.05) is 30.3 Å². The van der Waals surface area contributed by atoms with Crippen LogP contribution in [0.25, 0.3) is 0 Å². The van der Waals surface area contributed by atoms with Gasteiger partial charge in [0, 0.05) is 13.1 Å². The Hall–Kier alpha value is -0.870. The normalized spacial score (nSPS) is 23.1. The third kappa shape index (κ3) is 2.38. The summed E-state index contributed by atoms with van der Waals surface area (Å²) in [4.78, 5) is 0. The summed E-state index contributed by atoms with van der Waals surface area (Å²) in [7, 11) is -3.01. The molecular weight excluding hydrogens is 210 g/mol. The highest BCUT2D eigenvalue weighted by Gasteiger charge is 2.29. The van der Waals surface area contributed by atoms with E-state index >= 15 is 0 Å². The first-order valence-corrected chi connectivity index (χ1v) is 6.92. The first-order valence-electron chi connectivity index (χ1n) is 5.07. The Morgan fingerprint density at radius 1 is 1.27 bits per heavy atom. The molecule has 1 aromatic carbocycles.